The van der Waals surface area contributed by atoms with Gasteiger partial charge in [-0.05, 0) is 18.6 Å². The molecule has 78 valence electrons. The first-order chi connectivity index (χ1) is 6.60. The number of rotatable bonds is 3. The van der Waals surface area contributed by atoms with Crippen molar-refractivity contribution in [2.75, 3.05) is 7.11 Å². The number of alkyl halides is 2. The van der Waals surface area contributed by atoms with Crippen LogP contribution in [-0.2, 0) is 6.61 Å². The molecule has 0 atom stereocenters. The van der Waals surface area contributed by atoms with Gasteiger partial charge in [-0.1, -0.05) is 0 Å². The summed E-state index contributed by atoms with van der Waals surface area (Å²) in [7, 11) is 1.31. The molecule has 0 saturated carbocycles. The highest BCUT2D eigenvalue weighted by Gasteiger charge is 2.18. The molecule has 1 aromatic rings. The summed E-state index contributed by atoms with van der Waals surface area (Å²) in [4.78, 5) is 3.60. The van der Waals surface area contributed by atoms with Crippen LogP contribution < -0.4 is 4.74 Å². The van der Waals surface area contributed by atoms with Crippen molar-refractivity contribution in [1.29, 1.82) is 0 Å². The van der Waals surface area contributed by atoms with Gasteiger partial charge in [-0.25, -0.2) is 13.8 Å². The second-order valence-electron chi connectivity index (χ2n) is 2.81. The Labute approximate surface area is 80.3 Å². The van der Waals surface area contributed by atoms with E-state index in [1.54, 1.807) is 6.92 Å². The largest absolute Gasteiger partial charge is 0.494 e. The van der Waals surface area contributed by atoms with Gasteiger partial charge in [0.1, 0.15) is 11.4 Å². The van der Waals surface area contributed by atoms with Gasteiger partial charge >= 0.3 is 0 Å². The van der Waals surface area contributed by atoms with Crippen LogP contribution in [0.15, 0.2) is 6.07 Å². The first-order valence-corrected chi connectivity index (χ1v) is 4.03. The fourth-order valence-electron chi connectivity index (χ4n) is 1.25. The van der Waals surface area contributed by atoms with E-state index in [4.69, 9.17) is 9.84 Å². The monoisotopic (exact) mass is 203 g/mol. The Hall–Kier alpha value is -1.23. The average Bonchev–Trinajstić information content (AvgIpc) is 2.16. The topological polar surface area (TPSA) is 42.4 Å². The third-order valence-electron chi connectivity index (χ3n) is 1.81. The summed E-state index contributed by atoms with van der Waals surface area (Å²) < 4.78 is 29.8. The Bertz CT molecular complexity index is 329. The molecule has 0 radical (unpaired) electrons. The number of aromatic nitrogens is 1. The van der Waals surface area contributed by atoms with Gasteiger partial charge in [-0.15, -0.1) is 0 Å². The molecular weight excluding hydrogens is 192 g/mol. The maximum Gasteiger partial charge on any atom is 0.284 e. The second-order valence-corrected chi connectivity index (χ2v) is 2.81. The summed E-state index contributed by atoms with van der Waals surface area (Å²) >= 11 is 0. The number of pyridine rings is 1. The fourth-order valence-corrected chi connectivity index (χ4v) is 1.25. The van der Waals surface area contributed by atoms with Crippen molar-refractivity contribution in [2.45, 2.75) is 20.0 Å². The number of methoxy groups -OCH3 is 1. The summed E-state index contributed by atoms with van der Waals surface area (Å²) in [5, 5.41) is 8.78. The van der Waals surface area contributed by atoms with Crippen molar-refractivity contribution < 1.29 is 18.6 Å². The molecule has 0 aliphatic rings. The number of aryl methyl sites for hydroxylation is 1. The van der Waals surface area contributed by atoms with Crippen molar-refractivity contribution in [3.63, 3.8) is 0 Å². The predicted octanol–water partition coefficient (Wildman–Crippen LogP) is 1.83. The molecule has 0 saturated heterocycles. The third kappa shape index (κ3) is 1.98. The van der Waals surface area contributed by atoms with Crippen LogP contribution in [0.4, 0.5) is 8.78 Å². The zero-order valence-electron chi connectivity index (χ0n) is 7.92. The fraction of sp³-hybridized carbons (Fsp3) is 0.444. The van der Waals surface area contributed by atoms with Gasteiger partial charge < -0.3 is 9.84 Å². The number of aliphatic hydroxyl groups is 1. The van der Waals surface area contributed by atoms with Gasteiger partial charge in [-0.3, -0.25) is 0 Å². The lowest BCUT2D eigenvalue weighted by Gasteiger charge is -2.11. The van der Waals surface area contributed by atoms with Crippen LogP contribution in [0.2, 0.25) is 0 Å². The van der Waals surface area contributed by atoms with Crippen LogP contribution in [0.25, 0.3) is 0 Å². The van der Waals surface area contributed by atoms with Crippen LogP contribution >= 0.6 is 0 Å². The minimum absolute atomic E-state index is 0.0807. The highest BCUT2D eigenvalue weighted by atomic mass is 19.3. The molecule has 5 heteroatoms. The van der Waals surface area contributed by atoms with E-state index in [-0.39, 0.29) is 18.1 Å². The van der Waals surface area contributed by atoms with Crippen LogP contribution in [0.5, 0.6) is 5.75 Å². The van der Waals surface area contributed by atoms with E-state index in [9.17, 15) is 8.78 Å². The number of ether oxygens (including phenoxy) is 1. The number of nitrogens with zero attached hydrogens (tertiary/aromatic N) is 1. The quantitative estimate of drug-likeness (QED) is 0.814. The Morgan fingerprint density at radius 3 is 2.64 bits per heavy atom. The summed E-state index contributed by atoms with van der Waals surface area (Å²) in [6.45, 7) is 1.27. The van der Waals surface area contributed by atoms with E-state index >= 15 is 0 Å². The van der Waals surface area contributed by atoms with Gasteiger partial charge in [-0.2, -0.15) is 0 Å². The molecule has 0 bridgehead atoms. The molecule has 1 rings (SSSR count). The van der Waals surface area contributed by atoms with Gasteiger partial charge in [0.15, 0.2) is 0 Å². The van der Waals surface area contributed by atoms with Gasteiger partial charge in [0.05, 0.1) is 19.4 Å². The van der Waals surface area contributed by atoms with E-state index < -0.39 is 12.1 Å². The number of hydrogen-bond acceptors (Lipinski definition) is 3. The molecule has 0 aliphatic carbocycles. The molecule has 0 aliphatic heterocycles. The first kappa shape index (κ1) is 10.8. The van der Waals surface area contributed by atoms with E-state index in [0.29, 0.717) is 5.56 Å². The second kappa shape index (κ2) is 4.32. The third-order valence-corrected chi connectivity index (χ3v) is 1.81. The SMILES string of the molecule is COc1c(C)cc(CO)nc1C(F)F. The Kier molecular flexibility index (Phi) is 3.35. The standard InChI is InChI=1S/C9H11F2NO2/c1-5-3-6(4-13)12-7(9(10)11)8(5)14-2/h3,9,13H,4H2,1-2H3. The van der Waals surface area contributed by atoms with E-state index in [1.807, 2.05) is 0 Å². The number of halogens is 2. The van der Waals surface area contributed by atoms with E-state index in [0.717, 1.165) is 0 Å². The van der Waals surface area contributed by atoms with Gasteiger partial charge in [0.2, 0.25) is 0 Å². The molecule has 0 unspecified atom stereocenters. The summed E-state index contributed by atoms with van der Waals surface area (Å²) in [5.41, 5.74) is 0.344. The molecule has 0 spiro atoms. The predicted molar refractivity (Wildman–Crippen MR) is 46.4 cm³/mol. The van der Waals surface area contributed by atoms with Crippen molar-refractivity contribution in [3.8, 4) is 5.75 Å². The Balaban J connectivity index is 3.28. The molecule has 1 aromatic heterocycles. The Morgan fingerprint density at radius 1 is 1.57 bits per heavy atom. The molecule has 0 fully saturated rings. The summed E-state index contributed by atoms with van der Waals surface area (Å²) in [6, 6.07) is 1.52. The molecule has 3 nitrogen and oxygen atoms in total. The Morgan fingerprint density at radius 2 is 2.21 bits per heavy atom. The average molecular weight is 203 g/mol. The summed E-state index contributed by atoms with van der Waals surface area (Å²) in [5.74, 6) is 0.0807. The van der Waals surface area contributed by atoms with Crippen molar-refractivity contribution in [3.05, 3.63) is 23.0 Å². The van der Waals surface area contributed by atoms with Crippen LogP contribution in [0.3, 0.4) is 0 Å². The molecular formula is C9H11F2NO2. The molecule has 0 amide bonds. The lowest BCUT2D eigenvalue weighted by atomic mass is 10.2. The first-order valence-electron chi connectivity index (χ1n) is 4.03. The maximum absolute atomic E-state index is 12.5. The number of aliphatic hydroxyl groups excluding tert-OH is 1. The van der Waals surface area contributed by atoms with Crippen LogP contribution in [0.1, 0.15) is 23.4 Å². The molecule has 14 heavy (non-hydrogen) atoms. The zero-order valence-corrected chi connectivity index (χ0v) is 7.92. The van der Waals surface area contributed by atoms with Gasteiger partial charge in [0, 0.05) is 0 Å². The van der Waals surface area contributed by atoms with Crippen molar-refractivity contribution in [2.24, 2.45) is 0 Å². The molecule has 0 aromatic carbocycles. The minimum atomic E-state index is -2.70. The number of hydrogen-bond donors (Lipinski definition) is 1. The molecule has 1 heterocycles. The highest BCUT2D eigenvalue weighted by molar-refractivity contribution is 5.38. The van der Waals surface area contributed by atoms with E-state index in [1.165, 1.54) is 13.2 Å². The van der Waals surface area contributed by atoms with Crippen LogP contribution in [0, 0.1) is 6.92 Å². The zero-order chi connectivity index (χ0) is 10.7. The lowest BCUT2D eigenvalue weighted by molar-refractivity contribution is 0.140. The van der Waals surface area contributed by atoms with E-state index in [2.05, 4.69) is 4.98 Å². The molecule has 1 N–H and O–H groups in total. The summed E-state index contributed by atoms with van der Waals surface area (Å²) in [6.07, 6.45) is -2.70. The van der Waals surface area contributed by atoms with Crippen LogP contribution in [-0.4, -0.2) is 17.2 Å². The normalized spacial score (nSPS) is 10.7. The van der Waals surface area contributed by atoms with Crippen molar-refractivity contribution in [1.82, 2.24) is 4.98 Å². The lowest BCUT2D eigenvalue weighted by Crippen LogP contribution is -2.02. The maximum atomic E-state index is 12.5. The van der Waals surface area contributed by atoms with Crippen molar-refractivity contribution >= 4 is 0 Å². The van der Waals surface area contributed by atoms with Gasteiger partial charge in [0.25, 0.3) is 6.43 Å². The smallest absolute Gasteiger partial charge is 0.284 e. The highest BCUT2D eigenvalue weighted by Crippen LogP contribution is 2.30. The minimum Gasteiger partial charge on any atom is -0.494 e.